The Morgan fingerprint density at radius 3 is 2.68 bits per heavy atom. The van der Waals surface area contributed by atoms with Crippen molar-refractivity contribution in [2.24, 2.45) is 7.05 Å². The van der Waals surface area contributed by atoms with Crippen LogP contribution in [-0.2, 0) is 7.05 Å². The molecule has 1 aliphatic heterocycles. The van der Waals surface area contributed by atoms with Crippen LogP contribution in [0.25, 0.3) is 34.3 Å². The molecule has 2 aromatic heterocycles. The molecule has 0 amide bonds. The minimum absolute atomic E-state index is 0.0712. The lowest BCUT2D eigenvalue weighted by Crippen LogP contribution is -2.47. The van der Waals surface area contributed by atoms with Crippen LogP contribution in [0.4, 0.5) is 5.82 Å². The van der Waals surface area contributed by atoms with Crippen molar-refractivity contribution in [1.29, 1.82) is 0 Å². The maximum atomic E-state index is 8.05. The quantitative estimate of drug-likeness (QED) is 0.399. The van der Waals surface area contributed by atoms with Crippen LogP contribution in [-0.4, -0.2) is 6.85 Å². The number of aryl methyl sites for hydroxylation is 2. The number of hydrogen-bond acceptors (Lipinski definition) is 2. The number of furan rings is 1. The van der Waals surface area contributed by atoms with Crippen molar-refractivity contribution >= 4 is 35.8 Å². The van der Waals surface area contributed by atoms with E-state index in [-0.39, 0.29) is 6.85 Å². The summed E-state index contributed by atoms with van der Waals surface area (Å²) in [6.07, 6.45) is 3.73. The van der Waals surface area contributed by atoms with Crippen molar-refractivity contribution in [2.75, 3.05) is 4.81 Å². The van der Waals surface area contributed by atoms with E-state index in [0.29, 0.717) is 11.1 Å². The van der Waals surface area contributed by atoms with Gasteiger partial charge in [-0.25, -0.2) is 4.57 Å². The average Bonchev–Trinajstić information content (AvgIpc) is 3.10. The fourth-order valence-corrected chi connectivity index (χ4v) is 3.94. The predicted octanol–water partition coefficient (Wildman–Crippen LogP) is 3.43. The molecule has 0 N–H and O–H groups in total. The Bertz CT molecular complexity index is 1410. The molecule has 0 aliphatic carbocycles. The van der Waals surface area contributed by atoms with E-state index >= 15 is 0 Å². The van der Waals surface area contributed by atoms with E-state index in [4.69, 9.17) is 8.53 Å². The summed E-state index contributed by atoms with van der Waals surface area (Å²) < 4.78 is 32.1. The van der Waals surface area contributed by atoms with Gasteiger partial charge >= 0.3 is 6.85 Å². The molecule has 0 saturated heterocycles. The van der Waals surface area contributed by atoms with Gasteiger partial charge in [0.1, 0.15) is 11.8 Å². The molecule has 0 bridgehead atoms. The summed E-state index contributed by atoms with van der Waals surface area (Å²) in [5.41, 5.74) is 3.60. The molecule has 4 aromatic rings. The molecule has 0 atom stereocenters. The first kappa shape index (κ1) is 13.8. The van der Waals surface area contributed by atoms with Crippen LogP contribution in [0.1, 0.15) is 9.68 Å². The van der Waals surface area contributed by atoms with E-state index in [1.54, 1.807) is 6.20 Å². The highest BCUT2D eigenvalue weighted by Gasteiger charge is 2.30. The molecule has 136 valence electrons. The summed E-state index contributed by atoms with van der Waals surface area (Å²) in [7, 11) is 1.88. The second kappa shape index (κ2) is 6.41. The van der Waals surface area contributed by atoms with E-state index in [9.17, 15) is 0 Å². The van der Waals surface area contributed by atoms with Gasteiger partial charge in [-0.1, -0.05) is 54.5 Å². The zero-order valence-electron chi connectivity index (χ0n) is 18.9. The Kier molecular flexibility index (Phi) is 3.17. The largest absolute Gasteiger partial charge is 0.452 e. The highest BCUT2D eigenvalue weighted by atomic mass is 16.3. The summed E-state index contributed by atoms with van der Waals surface area (Å²) in [5.74, 6) is 3.09. The lowest BCUT2D eigenvalue weighted by atomic mass is 9.61. The van der Waals surface area contributed by atoms with Crippen LogP contribution in [0.2, 0.25) is 6.82 Å². The second-order valence-corrected chi connectivity index (χ2v) is 7.26. The van der Waals surface area contributed by atoms with Crippen LogP contribution in [0, 0.1) is 6.85 Å². The molecular weight excluding hydrogens is 343 g/mol. The van der Waals surface area contributed by atoms with Gasteiger partial charge in [0.15, 0.2) is 5.42 Å². The third kappa shape index (κ3) is 2.64. The third-order valence-electron chi connectivity index (χ3n) is 5.36. The molecule has 3 nitrogen and oxygen atoms in total. The molecule has 1 aliphatic rings. The van der Waals surface area contributed by atoms with Crippen molar-refractivity contribution in [2.45, 2.75) is 13.7 Å². The molecule has 4 heteroatoms. The van der Waals surface area contributed by atoms with Crippen molar-refractivity contribution < 1.29 is 13.1 Å². The van der Waals surface area contributed by atoms with Crippen LogP contribution >= 0.6 is 0 Å². The summed E-state index contributed by atoms with van der Waals surface area (Å²) in [6, 6.07) is 19.7. The summed E-state index contributed by atoms with van der Waals surface area (Å²) in [5, 5.41) is 2.21. The SMILES string of the molecule is [2H]C([2H])([2H])c1c[n+](C)c(N2C=c3oc4ccccc4c3=CB2C)cc1-c1ccccc1. The van der Waals surface area contributed by atoms with Crippen molar-refractivity contribution in [3.05, 3.63) is 83.1 Å². The molecule has 28 heavy (non-hydrogen) atoms. The Morgan fingerprint density at radius 2 is 1.86 bits per heavy atom. The maximum absolute atomic E-state index is 8.05. The number of aromatic nitrogens is 1. The van der Waals surface area contributed by atoms with E-state index < -0.39 is 6.85 Å². The van der Waals surface area contributed by atoms with Crippen molar-refractivity contribution in [3.8, 4) is 11.1 Å². The minimum Gasteiger partial charge on any atom is -0.452 e. The van der Waals surface area contributed by atoms with Gasteiger partial charge in [0.2, 0.25) is 0 Å². The Balaban J connectivity index is 1.72. The van der Waals surface area contributed by atoms with Gasteiger partial charge in [-0.3, -0.25) is 4.81 Å². The third-order valence-corrected chi connectivity index (χ3v) is 5.36. The minimum atomic E-state index is -2.21. The Labute approximate surface area is 169 Å². The van der Waals surface area contributed by atoms with E-state index in [1.165, 1.54) is 0 Å². The van der Waals surface area contributed by atoms with Crippen LogP contribution < -0.4 is 20.0 Å². The Hall–Kier alpha value is -3.27. The number of nitrogens with zero attached hydrogens (tertiary/aromatic N) is 2. The van der Waals surface area contributed by atoms with Gasteiger partial charge in [-0.05, 0) is 36.4 Å². The van der Waals surface area contributed by atoms with Crippen molar-refractivity contribution in [1.82, 2.24) is 0 Å². The second-order valence-electron chi connectivity index (χ2n) is 7.26. The molecular formula is C24H22BN2O+. The number of hydrogen-bond donors (Lipinski definition) is 0. The highest BCUT2D eigenvalue weighted by molar-refractivity contribution is 6.77. The van der Waals surface area contributed by atoms with Gasteiger partial charge in [0.05, 0.1) is 13.2 Å². The van der Waals surface area contributed by atoms with Crippen molar-refractivity contribution in [3.63, 3.8) is 0 Å². The number of benzene rings is 2. The van der Waals surface area contributed by atoms with Gasteiger partial charge < -0.3 is 4.42 Å². The molecule has 2 aromatic carbocycles. The van der Waals surface area contributed by atoms with Gasteiger partial charge in [0, 0.05) is 20.8 Å². The van der Waals surface area contributed by atoms with Crippen LogP contribution in [0.5, 0.6) is 0 Å². The number of fused-ring (bicyclic) bond motifs is 3. The highest BCUT2D eigenvalue weighted by Crippen LogP contribution is 2.26. The van der Waals surface area contributed by atoms with Gasteiger partial charge in [0.25, 0.3) is 5.82 Å². The fraction of sp³-hybridized carbons (Fsp3) is 0.125. The lowest BCUT2D eigenvalue weighted by Gasteiger charge is -2.20. The molecule has 0 fully saturated rings. The molecule has 3 heterocycles. The summed E-state index contributed by atoms with van der Waals surface area (Å²) in [6.45, 7) is -0.0143. The summed E-state index contributed by atoms with van der Waals surface area (Å²) >= 11 is 0. The normalized spacial score (nSPS) is 15.3. The van der Waals surface area contributed by atoms with E-state index in [2.05, 4.69) is 23.7 Å². The average molecular weight is 368 g/mol. The molecule has 5 rings (SSSR count). The molecule has 0 saturated carbocycles. The standard InChI is InChI=1S/C24H22BN2O/c1-17-15-26(3)24(13-20(17)18-9-5-4-6-10-18)27-16-23-21(14-25(27)2)19-11-7-8-12-22(19)28-23/h4-16H,1-3H3/q+1/i1D3. The first-order valence-electron chi connectivity index (χ1n) is 10.9. The fourth-order valence-electron chi connectivity index (χ4n) is 3.94. The molecule has 0 unspecified atom stereocenters. The smallest absolute Gasteiger partial charge is 0.402 e. The first-order valence-corrected chi connectivity index (χ1v) is 9.42. The molecule has 0 radical (unpaired) electrons. The maximum Gasteiger partial charge on any atom is 0.402 e. The number of rotatable bonds is 2. The number of para-hydroxylation sites is 1. The zero-order valence-corrected chi connectivity index (χ0v) is 15.9. The molecule has 0 spiro atoms. The topological polar surface area (TPSA) is 20.3 Å². The monoisotopic (exact) mass is 368 g/mol. The van der Waals surface area contributed by atoms with Gasteiger partial charge in [-0.15, -0.1) is 0 Å². The van der Waals surface area contributed by atoms with E-state index in [0.717, 1.165) is 33.0 Å². The number of pyridine rings is 1. The van der Waals surface area contributed by atoms with Crippen LogP contribution in [0.15, 0.2) is 71.3 Å². The first-order chi connectivity index (χ1) is 14.8. The lowest BCUT2D eigenvalue weighted by molar-refractivity contribution is -0.658. The van der Waals surface area contributed by atoms with E-state index in [1.807, 2.05) is 72.4 Å². The zero-order chi connectivity index (χ0) is 21.8. The summed E-state index contributed by atoms with van der Waals surface area (Å²) in [4.78, 5) is 2.13. The van der Waals surface area contributed by atoms with Crippen LogP contribution in [0.3, 0.4) is 0 Å². The Morgan fingerprint density at radius 1 is 1.07 bits per heavy atom. The van der Waals surface area contributed by atoms with Gasteiger partial charge in [-0.2, -0.15) is 0 Å². The number of anilines is 1. The predicted molar refractivity (Wildman–Crippen MR) is 116 cm³/mol.